The van der Waals surface area contributed by atoms with Gasteiger partial charge in [0.15, 0.2) is 0 Å². The molecule has 1 saturated heterocycles. The summed E-state index contributed by atoms with van der Waals surface area (Å²) >= 11 is 6.45. The van der Waals surface area contributed by atoms with E-state index in [2.05, 4.69) is 43.0 Å². The minimum atomic E-state index is -4.50. The Balaban J connectivity index is 1.11. The van der Waals surface area contributed by atoms with Crippen LogP contribution in [0.4, 0.5) is 30.5 Å². The molecular formula is C34H32ClF3N6O3. The van der Waals surface area contributed by atoms with Crippen molar-refractivity contribution in [2.45, 2.75) is 25.2 Å². The number of nitrogens with one attached hydrogen (secondary N) is 3. The molecule has 0 saturated carbocycles. The molecule has 244 valence electrons. The molecule has 4 aromatic rings. The lowest BCUT2D eigenvalue weighted by atomic mass is 10.1. The second-order valence-electron chi connectivity index (χ2n) is 11.2. The van der Waals surface area contributed by atoms with Crippen LogP contribution in [-0.2, 0) is 22.3 Å². The first-order valence-corrected chi connectivity index (χ1v) is 15.5. The fraction of sp³-hybridized carbons (Fsp3) is 0.265. The molecule has 1 unspecified atom stereocenters. The zero-order valence-electron chi connectivity index (χ0n) is 25.2. The number of hydrogen-bond donors (Lipinski definition) is 3. The van der Waals surface area contributed by atoms with E-state index < -0.39 is 11.7 Å². The molecule has 3 heterocycles. The first-order chi connectivity index (χ1) is 22.7. The highest BCUT2D eigenvalue weighted by Crippen LogP contribution is 2.36. The molecule has 47 heavy (non-hydrogen) atoms. The number of benzene rings is 3. The van der Waals surface area contributed by atoms with E-state index in [1.54, 1.807) is 24.3 Å². The van der Waals surface area contributed by atoms with Gasteiger partial charge in [0.1, 0.15) is 29.5 Å². The number of nitrogens with zero attached hydrogens (tertiary/aromatic N) is 3. The molecule has 0 bridgehead atoms. The van der Waals surface area contributed by atoms with Crippen molar-refractivity contribution in [2.24, 2.45) is 0 Å². The number of alkyl halides is 3. The van der Waals surface area contributed by atoms with Crippen molar-refractivity contribution in [3.63, 3.8) is 0 Å². The van der Waals surface area contributed by atoms with E-state index in [1.807, 2.05) is 18.2 Å². The van der Waals surface area contributed by atoms with Gasteiger partial charge in [0.2, 0.25) is 5.91 Å². The Labute approximate surface area is 274 Å². The van der Waals surface area contributed by atoms with Crippen molar-refractivity contribution in [1.82, 2.24) is 20.2 Å². The third kappa shape index (κ3) is 8.39. The van der Waals surface area contributed by atoms with Crippen LogP contribution in [0.1, 0.15) is 23.1 Å². The summed E-state index contributed by atoms with van der Waals surface area (Å²) in [5, 5.41) is 9.67. The van der Waals surface area contributed by atoms with Crippen LogP contribution in [0.2, 0.25) is 5.02 Å². The number of aromatic nitrogens is 2. The second-order valence-corrected chi connectivity index (χ2v) is 11.6. The lowest BCUT2D eigenvalue weighted by Crippen LogP contribution is -2.47. The fourth-order valence-electron chi connectivity index (χ4n) is 5.38. The number of fused-ring (bicyclic) bond motifs is 1. The van der Waals surface area contributed by atoms with Gasteiger partial charge in [0.05, 0.1) is 28.9 Å². The van der Waals surface area contributed by atoms with Crippen molar-refractivity contribution >= 4 is 40.9 Å². The number of anilines is 3. The molecule has 0 spiro atoms. The van der Waals surface area contributed by atoms with Crippen LogP contribution in [0.25, 0.3) is 6.08 Å². The first kappa shape index (κ1) is 32.3. The number of carbonyl (C=O) groups excluding carboxylic acids is 1. The predicted molar refractivity (Wildman–Crippen MR) is 174 cm³/mol. The lowest BCUT2D eigenvalue weighted by Gasteiger charge is -2.33. The molecule has 0 aliphatic carbocycles. The van der Waals surface area contributed by atoms with Crippen molar-refractivity contribution in [1.29, 1.82) is 0 Å². The van der Waals surface area contributed by atoms with Gasteiger partial charge >= 0.3 is 6.18 Å². The fourth-order valence-corrected chi connectivity index (χ4v) is 5.60. The minimum absolute atomic E-state index is 0.00475. The van der Waals surface area contributed by atoms with Gasteiger partial charge in [0, 0.05) is 44.0 Å². The van der Waals surface area contributed by atoms with E-state index in [0.717, 1.165) is 25.2 Å². The highest BCUT2D eigenvalue weighted by molar-refractivity contribution is 6.32. The Morgan fingerprint density at radius 2 is 1.94 bits per heavy atom. The third-order valence-electron chi connectivity index (χ3n) is 7.73. The average Bonchev–Trinajstić information content (AvgIpc) is 3.29. The summed E-state index contributed by atoms with van der Waals surface area (Å²) in [5.74, 6) is 0.990. The second kappa shape index (κ2) is 14.4. The largest absolute Gasteiger partial charge is 0.456 e. The van der Waals surface area contributed by atoms with Crippen molar-refractivity contribution < 1.29 is 27.4 Å². The molecule has 0 radical (unpaired) electrons. The maximum atomic E-state index is 13.3. The number of amides is 1. The van der Waals surface area contributed by atoms with Gasteiger partial charge in [-0.15, -0.1) is 0 Å². The number of hydrogen-bond acceptors (Lipinski definition) is 8. The quantitative estimate of drug-likeness (QED) is 0.178. The van der Waals surface area contributed by atoms with Gasteiger partial charge in [-0.2, -0.15) is 13.2 Å². The Morgan fingerprint density at radius 3 is 2.74 bits per heavy atom. The van der Waals surface area contributed by atoms with E-state index in [4.69, 9.17) is 21.1 Å². The third-order valence-corrected chi connectivity index (χ3v) is 8.02. The van der Waals surface area contributed by atoms with Gasteiger partial charge in [0.25, 0.3) is 0 Å². The highest BCUT2D eigenvalue weighted by Gasteiger charge is 2.30. The minimum Gasteiger partial charge on any atom is -0.456 e. The Morgan fingerprint density at radius 1 is 1.09 bits per heavy atom. The zero-order valence-corrected chi connectivity index (χ0v) is 25.9. The molecule has 13 heteroatoms. The van der Waals surface area contributed by atoms with Gasteiger partial charge < -0.3 is 25.4 Å². The topological polar surface area (TPSA) is 101 Å². The van der Waals surface area contributed by atoms with Crippen molar-refractivity contribution in [3.8, 4) is 11.5 Å². The Kier molecular flexibility index (Phi) is 9.90. The van der Waals surface area contributed by atoms with Crippen LogP contribution in [0.15, 0.2) is 84.7 Å². The number of carbonyl (C=O) groups is 1. The van der Waals surface area contributed by atoms with E-state index in [-0.39, 0.29) is 28.5 Å². The molecule has 1 aromatic heterocycles. The monoisotopic (exact) mass is 664 g/mol. The highest BCUT2D eigenvalue weighted by atomic mass is 35.5. The summed E-state index contributed by atoms with van der Waals surface area (Å²) in [5.41, 5.74) is 2.12. The molecule has 2 aliphatic heterocycles. The smallest absolute Gasteiger partial charge is 0.416 e. The van der Waals surface area contributed by atoms with Crippen LogP contribution in [0, 0.1) is 0 Å². The van der Waals surface area contributed by atoms with Crippen LogP contribution < -0.4 is 20.7 Å². The lowest BCUT2D eigenvalue weighted by molar-refractivity contribution is -0.137. The van der Waals surface area contributed by atoms with Crippen LogP contribution >= 0.6 is 11.6 Å². The Hall–Kier alpha value is -4.65. The molecule has 9 nitrogen and oxygen atoms in total. The number of halogens is 4. The molecule has 1 amide bonds. The molecule has 1 atom stereocenters. The van der Waals surface area contributed by atoms with Crippen LogP contribution in [0.5, 0.6) is 11.5 Å². The van der Waals surface area contributed by atoms with Crippen LogP contribution in [0.3, 0.4) is 0 Å². The first-order valence-electron chi connectivity index (χ1n) is 15.1. The summed E-state index contributed by atoms with van der Waals surface area (Å²) in [6, 6.07) is 19.6. The predicted octanol–water partition coefficient (Wildman–Crippen LogP) is 6.90. The van der Waals surface area contributed by atoms with E-state index in [9.17, 15) is 18.0 Å². The molecule has 6 rings (SSSR count). The maximum Gasteiger partial charge on any atom is 0.416 e. The van der Waals surface area contributed by atoms with Crippen molar-refractivity contribution in [2.75, 3.05) is 43.4 Å². The summed E-state index contributed by atoms with van der Waals surface area (Å²) in [6.07, 6.45) is -0.977. The molecule has 3 N–H and O–H groups in total. The number of ether oxygens (including phenoxy) is 2. The van der Waals surface area contributed by atoms with E-state index in [0.29, 0.717) is 61.1 Å². The van der Waals surface area contributed by atoms with Gasteiger partial charge in [-0.3, -0.25) is 9.69 Å². The molecule has 3 aromatic carbocycles. The average molecular weight is 665 g/mol. The van der Waals surface area contributed by atoms with Gasteiger partial charge in [-0.25, -0.2) is 9.97 Å². The van der Waals surface area contributed by atoms with E-state index in [1.165, 1.54) is 24.0 Å². The van der Waals surface area contributed by atoms with Gasteiger partial charge in [-0.05, 0) is 54.5 Å². The number of morpholine rings is 1. The standard InChI is InChI=1S/C34H32ClF3N6O3/c35-29-17-25(9-10-30(29)47-26-8-4-7-24(16-26)34(36,37)38)43-32-28-15-23(11-12-39-31(28)41-21-42-32)33(45)40-18-27-20-44(13-14-46-27)19-22-5-2-1-3-6-22/h1-10,15-17,21,27H,11-14,18-20H2,(H,40,45)(H2,39,41,42,43). The van der Waals surface area contributed by atoms with E-state index >= 15 is 0 Å². The zero-order chi connectivity index (χ0) is 32.8. The molecular weight excluding hydrogens is 633 g/mol. The molecule has 1 fully saturated rings. The normalized spacial score (nSPS) is 16.7. The summed E-state index contributed by atoms with van der Waals surface area (Å²) in [7, 11) is 0. The Bertz CT molecular complexity index is 1760. The summed E-state index contributed by atoms with van der Waals surface area (Å²) in [6.45, 7) is 3.86. The summed E-state index contributed by atoms with van der Waals surface area (Å²) in [4.78, 5) is 24.4. The SMILES string of the molecule is O=C(NCC1CN(Cc2ccccc2)CCO1)C1=Cc2c(ncnc2Nc2ccc(Oc3cccc(C(F)(F)F)c3)c(Cl)c2)NCC1. The maximum absolute atomic E-state index is 13.3. The van der Waals surface area contributed by atoms with Crippen LogP contribution in [-0.4, -0.2) is 59.7 Å². The molecule has 2 aliphatic rings. The summed E-state index contributed by atoms with van der Waals surface area (Å²) < 4.78 is 50.9. The van der Waals surface area contributed by atoms with Crippen molar-refractivity contribution in [3.05, 3.63) is 106 Å². The van der Waals surface area contributed by atoms with Gasteiger partial charge in [-0.1, -0.05) is 48.0 Å². The number of rotatable bonds is 9.